The van der Waals surface area contributed by atoms with Crippen molar-refractivity contribution in [2.75, 3.05) is 0 Å². The Kier molecular flexibility index (Phi) is 5.07. The lowest BCUT2D eigenvalue weighted by Gasteiger charge is -2.35. The first-order valence-corrected chi connectivity index (χ1v) is 9.21. The van der Waals surface area contributed by atoms with Crippen molar-refractivity contribution in [3.63, 3.8) is 0 Å². The molecule has 0 aliphatic heterocycles. The summed E-state index contributed by atoms with van der Waals surface area (Å²) in [5.74, 6) is 1.46. The van der Waals surface area contributed by atoms with E-state index >= 15 is 0 Å². The van der Waals surface area contributed by atoms with E-state index in [0.29, 0.717) is 12.0 Å². The molecule has 1 saturated carbocycles. The maximum atomic E-state index is 11.4. The Bertz CT molecular complexity index is 586. The van der Waals surface area contributed by atoms with E-state index in [1.807, 2.05) is 6.07 Å². The summed E-state index contributed by atoms with van der Waals surface area (Å²) in [5.41, 5.74) is 0.965. The van der Waals surface area contributed by atoms with Crippen LogP contribution in [0.3, 0.4) is 0 Å². The zero-order valence-corrected chi connectivity index (χ0v) is 13.9. The van der Waals surface area contributed by atoms with Crippen molar-refractivity contribution in [2.45, 2.75) is 57.0 Å². The van der Waals surface area contributed by atoms with Crippen LogP contribution >= 0.6 is 0 Å². The van der Waals surface area contributed by atoms with E-state index in [4.69, 9.17) is 5.14 Å². The summed E-state index contributed by atoms with van der Waals surface area (Å²) in [7, 11) is -3.64. The summed E-state index contributed by atoms with van der Waals surface area (Å²) >= 11 is 0. The largest absolute Gasteiger partial charge is 0.307 e. The Morgan fingerprint density at radius 1 is 1.29 bits per heavy atom. The Balaban J connectivity index is 2.08. The van der Waals surface area contributed by atoms with Crippen molar-refractivity contribution >= 4 is 10.0 Å². The monoisotopic (exact) mass is 310 g/mol. The topological polar surface area (TPSA) is 72.2 Å². The predicted octanol–water partition coefficient (Wildman–Crippen LogP) is 2.81. The van der Waals surface area contributed by atoms with Gasteiger partial charge in [0.25, 0.3) is 0 Å². The smallest absolute Gasteiger partial charge is 0.238 e. The van der Waals surface area contributed by atoms with Gasteiger partial charge in [-0.25, -0.2) is 13.6 Å². The molecule has 2 rings (SSSR count). The lowest BCUT2D eigenvalue weighted by atomic mass is 9.79. The summed E-state index contributed by atoms with van der Waals surface area (Å²) in [4.78, 5) is 0.180. The van der Waals surface area contributed by atoms with Crippen molar-refractivity contribution < 1.29 is 8.42 Å². The molecule has 0 amide bonds. The van der Waals surface area contributed by atoms with Crippen molar-refractivity contribution in [3.8, 4) is 0 Å². The summed E-state index contributed by atoms with van der Waals surface area (Å²) in [6.07, 6.45) is 3.69. The van der Waals surface area contributed by atoms with E-state index in [2.05, 4.69) is 26.1 Å². The molecule has 0 spiro atoms. The number of nitrogens with two attached hydrogens (primary N) is 1. The number of sulfonamides is 1. The van der Waals surface area contributed by atoms with E-state index in [1.54, 1.807) is 12.1 Å². The Labute approximate surface area is 128 Å². The third kappa shape index (κ3) is 4.28. The van der Waals surface area contributed by atoms with Gasteiger partial charge in [0, 0.05) is 12.1 Å². The standard InChI is InChI=1S/C16H26N2O2S/c1-11-7-8-16(12(2)9-11)18-13(3)14-5-4-6-15(10-14)21(17,19)20/h4-6,10-13,16,18H,7-9H2,1-3H3,(H2,17,19,20). The van der Waals surface area contributed by atoms with E-state index in [0.717, 1.165) is 11.5 Å². The molecule has 5 heteroatoms. The minimum Gasteiger partial charge on any atom is -0.307 e. The van der Waals surface area contributed by atoms with Gasteiger partial charge in [0.05, 0.1) is 4.90 Å². The van der Waals surface area contributed by atoms with Gasteiger partial charge in [0.15, 0.2) is 0 Å². The Hall–Kier alpha value is -0.910. The van der Waals surface area contributed by atoms with E-state index in [9.17, 15) is 8.42 Å². The quantitative estimate of drug-likeness (QED) is 0.898. The molecular weight excluding hydrogens is 284 g/mol. The van der Waals surface area contributed by atoms with Crippen molar-refractivity contribution in [1.82, 2.24) is 5.32 Å². The molecule has 21 heavy (non-hydrogen) atoms. The summed E-state index contributed by atoms with van der Waals surface area (Å²) in [6.45, 7) is 6.68. The first kappa shape index (κ1) is 16.5. The highest BCUT2D eigenvalue weighted by Gasteiger charge is 2.26. The molecule has 1 aromatic carbocycles. The number of nitrogens with one attached hydrogen (secondary N) is 1. The molecule has 0 aromatic heterocycles. The van der Waals surface area contributed by atoms with Gasteiger partial charge in [-0.05, 0) is 55.7 Å². The van der Waals surface area contributed by atoms with E-state index in [1.165, 1.54) is 25.3 Å². The van der Waals surface area contributed by atoms with Gasteiger partial charge in [0.1, 0.15) is 0 Å². The predicted molar refractivity (Wildman–Crippen MR) is 85.3 cm³/mol. The molecule has 1 aliphatic rings. The second kappa shape index (κ2) is 6.46. The maximum Gasteiger partial charge on any atom is 0.238 e. The Morgan fingerprint density at radius 3 is 2.62 bits per heavy atom. The molecule has 0 radical (unpaired) electrons. The third-order valence-corrected chi connectivity index (χ3v) is 5.49. The zero-order chi connectivity index (χ0) is 15.6. The van der Waals surface area contributed by atoms with Crippen LogP contribution in [0.2, 0.25) is 0 Å². The van der Waals surface area contributed by atoms with Crippen LogP contribution in [0.1, 0.15) is 51.6 Å². The van der Waals surface area contributed by atoms with Crippen molar-refractivity contribution in [1.29, 1.82) is 0 Å². The molecule has 4 unspecified atom stereocenters. The molecule has 4 atom stereocenters. The lowest BCUT2D eigenvalue weighted by molar-refractivity contribution is 0.216. The fraction of sp³-hybridized carbons (Fsp3) is 0.625. The SMILES string of the molecule is CC1CCC(NC(C)c2cccc(S(N)(=O)=O)c2)C(C)C1. The highest BCUT2D eigenvalue weighted by atomic mass is 32.2. The van der Waals surface area contributed by atoms with Crippen LogP contribution < -0.4 is 10.5 Å². The van der Waals surface area contributed by atoms with E-state index < -0.39 is 10.0 Å². The lowest BCUT2D eigenvalue weighted by Crippen LogP contribution is -2.40. The van der Waals surface area contributed by atoms with Crippen molar-refractivity contribution in [2.24, 2.45) is 17.0 Å². The number of primary sulfonamides is 1. The summed E-state index contributed by atoms with van der Waals surface area (Å²) in [5, 5.41) is 8.85. The van der Waals surface area contributed by atoms with E-state index in [-0.39, 0.29) is 10.9 Å². The van der Waals surface area contributed by atoms with Crippen molar-refractivity contribution in [3.05, 3.63) is 29.8 Å². The fourth-order valence-corrected chi connectivity index (χ4v) is 3.86. The molecule has 0 bridgehead atoms. The van der Waals surface area contributed by atoms with Crippen LogP contribution in [-0.2, 0) is 10.0 Å². The van der Waals surface area contributed by atoms with Gasteiger partial charge >= 0.3 is 0 Å². The summed E-state index contributed by atoms with van der Waals surface area (Å²) < 4.78 is 22.9. The second-order valence-corrected chi connectivity index (χ2v) is 8.07. The normalized spacial score (nSPS) is 28.3. The minimum absolute atomic E-state index is 0.118. The fourth-order valence-electron chi connectivity index (χ4n) is 3.29. The van der Waals surface area contributed by atoms with Gasteiger partial charge in [-0.15, -0.1) is 0 Å². The number of hydrogen-bond donors (Lipinski definition) is 2. The first-order chi connectivity index (χ1) is 9.77. The molecule has 1 fully saturated rings. The molecule has 118 valence electrons. The molecule has 0 heterocycles. The van der Waals surface area contributed by atoms with Crippen LogP contribution in [0.4, 0.5) is 0 Å². The maximum absolute atomic E-state index is 11.4. The highest BCUT2D eigenvalue weighted by molar-refractivity contribution is 7.89. The first-order valence-electron chi connectivity index (χ1n) is 7.66. The second-order valence-electron chi connectivity index (χ2n) is 6.51. The molecule has 1 aliphatic carbocycles. The van der Waals surface area contributed by atoms with Crippen LogP contribution in [0.15, 0.2) is 29.2 Å². The van der Waals surface area contributed by atoms with Crippen LogP contribution in [-0.4, -0.2) is 14.5 Å². The molecular formula is C16H26N2O2S. The molecule has 4 nitrogen and oxygen atoms in total. The van der Waals surface area contributed by atoms with Crippen LogP contribution in [0.25, 0.3) is 0 Å². The Morgan fingerprint density at radius 2 is 2.00 bits per heavy atom. The van der Waals surface area contributed by atoms with Crippen LogP contribution in [0.5, 0.6) is 0 Å². The number of benzene rings is 1. The average Bonchev–Trinajstić information content (AvgIpc) is 2.41. The number of hydrogen-bond acceptors (Lipinski definition) is 3. The average molecular weight is 310 g/mol. The van der Waals surface area contributed by atoms with Gasteiger partial charge < -0.3 is 5.32 Å². The number of rotatable bonds is 4. The van der Waals surface area contributed by atoms with Crippen LogP contribution in [0, 0.1) is 11.8 Å². The zero-order valence-electron chi connectivity index (χ0n) is 13.0. The minimum atomic E-state index is -3.64. The summed E-state index contributed by atoms with van der Waals surface area (Å²) in [6, 6.07) is 7.52. The molecule has 0 saturated heterocycles. The molecule has 1 aromatic rings. The van der Waals surface area contributed by atoms with Gasteiger partial charge in [0.2, 0.25) is 10.0 Å². The highest BCUT2D eigenvalue weighted by Crippen LogP contribution is 2.30. The van der Waals surface area contributed by atoms with Gasteiger partial charge in [-0.2, -0.15) is 0 Å². The molecule has 3 N–H and O–H groups in total. The van der Waals surface area contributed by atoms with Gasteiger partial charge in [-0.3, -0.25) is 0 Å². The van der Waals surface area contributed by atoms with Gasteiger partial charge in [-0.1, -0.05) is 26.0 Å². The third-order valence-electron chi connectivity index (χ3n) is 4.58.